The van der Waals surface area contributed by atoms with E-state index in [1.54, 1.807) is 0 Å². The van der Waals surface area contributed by atoms with Crippen molar-refractivity contribution in [2.24, 2.45) is 5.73 Å². The highest BCUT2D eigenvalue weighted by Crippen LogP contribution is 2.09. The summed E-state index contributed by atoms with van der Waals surface area (Å²) in [5.74, 6) is -3.09. The summed E-state index contributed by atoms with van der Waals surface area (Å²) >= 11 is 0. The molecule has 0 spiro atoms. The van der Waals surface area contributed by atoms with E-state index in [4.69, 9.17) is 10.8 Å². The van der Waals surface area contributed by atoms with Crippen molar-refractivity contribution >= 4 is 11.9 Å². The van der Waals surface area contributed by atoms with Gasteiger partial charge in [0.15, 0.2) is 0 Å². The Morgan fingerprint density at radius 1 is 1.37 bits per heavy atom. The molecule has 0 saturated heterocycles. The minimum Gasteiger partial charge on any atom is -0.481 e. The number of hydrogen-bond acceptors (Lipinski definition) is 3. The molecule has 0 aliphatic rings. The second-order valence-corrected chi connectivity index (χ2v) is 3.99. The maximum atomic E-state index is 13.3. The van der Waals surface area contributed by atoms with Gasteiger partial charge in [0, 0.05) is 24.6 Å². The molecule has 0 heterocycles. The Labute approximate surface area is 108 Å². The molecule has 5 nitrogen and oxygen atoms in total. The van der Waals surface area contributed by atoms with Crippen molar-refractivity contribution in [3.8, 4) is 0 Å². The second kappa shape index (κ2) is 6.79. The lowest BCUT2D eigenvalue weighted by Gasteiger charge is -2.11. The van der Waals surface area contributed by atoms with Crippen LogP contribution < -0.4 is 11.1 Å². The zero-order chi connectivity index (χ0) is 14.4. The van der Waals surface area contributed by atoms with E-state index < -0.39 is 29.6 Å². The molecule has 1 aromatic carbocycles. The minimum absolute atomic E-state index is 0.00688. The largest absolute Gasteiger partial charge is 0.481 e. The number of carbonyl (C=O) groups is 2. The van der Waals surface area contributed by atoms with Crippen molar-refractivity contribution in [2.45, 2.75) is 25.4 Å². The summed E-state index contributed by atoms with van der Waals surface area (Å²) in [7, 11) is 0. The first-order valence-electron chi connectivity index (χ1n) is 5.59. The number of carbonyl (C=O) groups excluding carboxylic acids is 1. The molecule has 1 atom stereocenters. The summed E-state index contributed by atoms with van der Waals surface area (Å²) < 4.78 is 25.9. The van der Waals surface area contributed by atoms with Crippen molar-refractivity contribution in [1.82, 2.24) is 5.32 Å². The van der Waals surface area contributed by atoms with Crippen LogP contribution in [0.1, 0.15) is 18.4 Å². The fraction of sp³-hybridized carbons (Fsp3) is 0.333. The van der Waals surface area contributed by atoms with Crippen LogP contribution in [0, 0.1) is 11.6 Å². The van der Waals surface area contributed by atoms with E-state index in [1.165, 1.54) is 6.07 Å². The van der Waals surface area contributed by atoms with Crippen molar-refractivity contribution < 1.29 is 23.5 Å². The van der Waals surface area contributed by atoms with Gasteiger partial charge in [-0.25, -0.2) is 8.78 Å². The lowest BCUT2D eigenvalue weighted by Crippen LogP contribution is -2.40. The zero-order valence-electron chi connectivity index (χ0n) is 10.0. The van der Waals surface area contributed by atoms with Crippen molar-refractivity contribution in [3.05, 3.63) is 35.4 Å². The van der Waals surface area contributed by atoms with Crippen LogP contribution in [0.2, 0.25) is 0 Å². The molecule has 104 valence electrons. The van der Waals surface area contributed by atoms with Crippen LogP contribution in [-0.2, 0) is 16.1 Å². The number of hydrogen-bond donors (Lipinski definition) is 3. The molecule has 0 saturated carbocycles. The Bertz CT molecular complexity index is 480. The lowest BCUT2D eigenvalue weighted by atomic mass is 10.1. The summed E-state index contributed by atoms with van der Waals surface area (Å²) in [4.78, 5) is 21.8. The predicted octanol–water partition coefficient (Wildman–Crippen LogP) is 0.773. The highest BCUT2D eigenvalue weighted by molar-refractivity contribution is 5.82. The number of nitrogens with one attached hydrogen (secondary N) is 1. The molecule has 0 bridgehead atoms. The Kier molecular flexibility index (Phi) is 5.37. The number of nitrogens with two attached hydrogens (primary N) is 1. The molecule has 4 N–H and O–H groups in total. The summed E-state index contributed by atoms with van der Waals surface area (Å²) in [5.41, 5.74) is 5.59. The summed E-state index contributed by atoms with van der Waals surface area (Å²) in [6.07, 6.45) is -0.230. The fourth-order valence-electron chi connectivity index (χ4n) is 1.39. The number of carboxylic acids is 1. The first kappa shape index (κ1) is 15.0. The summed E-state index contributed by atoms with van der Waals surface area (Å²) in [5, 5.41) is 10.8. The Morgan fingerprint density at radius 2 is 2.05 bits per heavy atom. The number of aliphatic carboxylic acids is 1. The highest BCUT2D eigenvalue weighted by Gasteiger charge is 2.15. The van der Waals surface area contributed by atoms with Crippen molar-refractivity contribution in [1.29, 1.82) is 0 Å². The third-order valence-corrected chi connectivity index (χ3v) is 2.47. The standard InChI is InChI=1S/C12H14F2N2O3/c13-8-2-1-7(9(14)5-8)6-16-12(19)10(15)3-4-11(17)18/h1-2,5,10H,3-4,6,15H2,(H,16,19)(H,17,18). The molecule has 0 aromatic heterocycles. The molecular weight excluding hydrogens is 258 g/mol. The number of rotatable bonds is 6. The third-order valence-electron chi connectivity index (χ3n) is 2.47. The van der Waals surface area contributed by atoms with Gasteiger partial charge in [-0.2, -0.15) is 0 Å². The second-order valence-electron chi connectivity index (χ2n) is 3.99. The van der Waals surface area contributed by atoms with E-state index >= 15 is 0 Å². The molecule has 0 radical (unpaired) electrons. The average Bonchev–Trinajstić information content (AvgIpc) is 2.34. The van der Waals surface area contributed by atoms with Crippen LogP contribution in [0.5, 0.6) is 0 Å². The van der Waals surface area contributed by atoms with E-state index in [9.17, 15) is 18.4 Å². The molecule has 1 aromatic rings. The monoisotopic (exact) mass is 272 g/mol. The summed E-state index contributed by atoms with van der Waals surface area (Å²) in [6, 6.07) is 2.04. The molecule has 7 heteroatoms. The number of benzene rings is 1. The van der Waals surface area contributed by atoms with Gasteiger partial charge < -0.3 is 16.2 Å². The normalized spacial score (nSPS) is 11.9. The SMILES string of the molecule is NC(CCC(=O)O)C(=O)NCc1ccc(F)cc1F. The quantitative estimate of drug-likeness (QED) is 0.713. The van der Waals surface area contributed by atoms with Crippen LogP contribution >= 0.6 is 0 Å². The topological polar surface area (TPSA) is 92.4 Å². The molecule has 19 heavy (non-hydrogen) atoms. The molecule has 0 aliphatic heterocycles. The Morgan fingerprint density at radius 3 is 2.63 bits per heavy atom. The average molecular weight is 272 g/mol. The maximum absolute atomic E-state index is 13.3. The Balaban J connectivity index is 2.47. The summed E-state index contributed by atoms with van der Waals surface area (Å²) in [6.45, 7) is -0.133. The molecule has 0 fully saturated rings. The molecule has 1 unspecified atom stereocenters. The van der Waals surface area contributed by atoms with Crippen molar-refractivity contribution in [3.63, 3.8) is 0 Å². The van der Waals surface area contributed by atoms with E-state index in [0.717, 1.165) is 6.07 Å². The zero-order valence-corrected chi connectivity index (χ0v) is 10.0. The van der Waals surface area contributed by atoms with Crippen LogP contribution in [0.15, 0.2) is 18.2 Å². The number of amides is 1. The van der Waals surface area contributed by atoms with Gasteiger partial charge in [0.1, 0.15) is 11.6 Å². The first-order chi connectivity index (χ1) is 8.90. The van der Waals surface area contributed by atoms with Gasteiger partial charge in [-0.05, 0) is 12.5 Å². The van der Waals surface area contributed by atoms with Gasteiger partial charge in [-0.1, -0.05) is 6.07 Å². The van der Waals surface area contributed by atoms with Crippen LogP contribution in [-0.4, -0.2) is 23.0 Å². The van der Waals surface area contributed by atoms with E-state index in [0.29, 0.717) is 6.07 Å². The molecule has 1 rings (SSSR count). The molecular formula is C12H14F2N2O3. The van der Waals surface area contributed by atoms with E-state index in [1.807, 2.05) is 0 Å². The highest BCUT2D eigenvalue weighted by atomic mass is 19.1. The predicted molar refractivity (Wildman–Crippen MR) is 63.0 cm³/mol. The van der Waals surface area contributed by atoms with Gasteiger partial charge in [-0.15, -0.1) is 0 Å². The molecule has 1 amide bonds. The fourth-order valence-corrected chi connectivity index (χ4v) is 1.39. The minimum atomic E-state index is -1.05. The van der Waals surface area contributed by atoms with E-state index in [2.05, 4.69) is 5.32 Å². The van der Waals surface area contributed by atoms with E-state index in [-0.39, 0.29) is 24.9 Å². The van der Waals surface area contributed by atoms with Crippen molar-refractivity contribution in [2.75, 3.05) is 0 Å². The number of carboxylic acid groups (broad SMARTS) is 1. The number of halogens is 2. The van der Waals surface area contributed by atoms with Crippen LogP contribution in [0.25, 0.3) is 0 Å². The van der Waals surface area contributed by atoms with Gasteiger partial charge in [-0.3, -0.25) is 9.59 Å². The first-order valence-corrected chi connectivity index (χ1v) is 5.59. The van der Waals surface area contributed by atoms with Crippen LogP contribution in [0.4, 0.5) is 8.78 Å². The van der Waals surface area contributed by atoms with Gasteiger partial charge >= 0.3 is 5.97 Å². The van der Waals surface area contributed by atoms with Crippen LogP contribution in [0.3, 0.4) is 0 Å². The molecule has 0 aliphatic carbocycles. The van der Waals surface area contributed by atoms with Gasteiger partial charge in [0.25, 0.3) is 0 Å². The third kappa shape index (κ3) is 5.01. The Hall–Kier alpha value is -2.02. The van der Waals surface area contributed by atoms with Gasteiger partial charge in [0.2, 0.25) is 5.91 Å². The maximum Gasteiger partial charge on any atom is 0.303 e. The van der Waals surface area contributed by atoms with Gasteiger partial charge in [0.05, 0.1) is 6.04 Å². The smallest absolute Gasteiger partial charge is 0.303 e. The lowest BCUT2D eigenvalue weighted by molar-refractivity contribution is -0.137.